The van der Waals surface area contributed by atoms with Crippen LogP contribution in [0.5, 0.6) is 5.75 Å². The maximum absolute atomic E-state index is 13.3. The predicted octanol–water partition coefficient (Wildman–Crippen LogP) is 2.60. The van der Waals surface area contributed by atoms with Gasteiger partial charge >= 0.3 is 0 Å². The zero-order chi connectivity index (χ0) is 22.1. The number of aromatic nitrogens is 3. The molecule has 3 heterocycles. The van der Waals surface area contributed by atoms with Crippen LogP contribution in [-0.2, 0) is 11.8 Å². The third-order valence-electron chi connectivity index (χ3n) is 5.42. The van der Waals surface area contributed by atoms with Crippen LogP contribution in [0.2, 0.25) is 5.02 Å². The van der Waals surface area contributed by atoms with Gasteiger partial charge in [-0.25, -0.2) is 4.98 Å². The highest BCUT2D eigenvalue weighted by Crippen LogP contribution is 2.23. The molecule has 0 unspecified atom stereocenters. The van der Waals surface area contributed by atoms with Gasteiger partial charge in [0.1, 0.15) is 5.75 Å². The number of fused-ring (bicyclic) bond motifs is 1. The lowest BCUT2D eigenvalue weighted by molar-refractivity contribution is -0.134. The lowest BCUT2D eigenvalue weighted by Crippen LogP contribution is -2.51. The minimum atomic E-state index is -0.104. The topological polar surface area (TPSA) is 80.6 Å². The van der Waals surface area contributed by atoms with Gasteiger partial charge in [-0.2, -0.15) is 5.10 Å². The number of nitrogens with zero attached hydrogens (tertiary/aromatic N) is 5. The number of carbonyl (C=O) groups excluding carboxylic acids is 2. The number of pyridine rings is 1. The monoisotopic (exact) mass is 441 g/mol. The first-order valence-electron chi connectivity index (χ1n) is 10.1. The number of hydrogen-bond donors (Lipinski definition) is 0. The van der Waals surface area contributed by atoms with Crippen LogP contribution in [0.15, 0.2) is 30.3 Å². The van der Waals surface area contributed by atoms with Gasteiger partial charge < -0.3 is 14.5 Å². The molecule has 3 aromatic rings. The summed E-state index contributed by atoms with van der Waals surface area (Å²) in [6.07, 6.45) is 0. The quantitative estimate of drug-likeness (QED) is 0.621. The molecule has 2 amide bonds. The molecule has 4 rings (SSSR count). The van der Waals surface area contributed by atoms with Gasteiger partial charge in [-0.15, -0.1) is 0 Å². The molecule has 2 aromatic heterocycles. The van der Waals surface area contributed by atoms with Crippen LogP contribution in [0.4, 0.5) is 0 Å². The number of amides is 2. The molecule has 0 bridgehead atoms. The Balaban J connectivity index is 1.40. The van der Waals surface area contributed by atoms with Gasteiger partial charge in [0.05, 0.1) is 16.6 Å². The molecule has 162 valence electrons. The largest absolute Gasteiger partial charge is 0.484 e. The molecule has 31 heavy (non-hydrogen) atoms. The fraction of sp³-hybridized carbons (Fsp3) is 0.364. The van der Waals surface area contributed by atoms with Crippen LogP contribution in [0.25, 0.3) is 11.0 Å². The van der Waals surface area contributed by atoms with E-state index in [1.807, 2.05) is 27.0 Å². The van der Waals surface area contributed by atoms with Crippen molar-refractivity contribution in [3.8, 4) is 5.75 Å². The Labute approximate surface area is 185 Å². The Morgan fingerprint density at radius 1 is 1.06 bits per heavy atom. The van der Waals surface area contributed by atoms with Gasteiger partial charge in [-0.1, -0.05) is 11.6 Å². The van der Waals surface area contributed by atoms with Crippen molar-refractivity contribution in [3.63, 3.8) is 0 Å². The van der Waals surface area contributed by atoms with Gasteiger partial charge in [0.2, 0.25) is 0 Å². The minimum Gasteiger partial charge on any atom is -0.484 e. The molecule has 0 radical (unpaired) electrons. The molecule has 0 atom stereocenters. The standard InChI is InChI=1S/C22H24ClN5O3/c1-14-12-18(20-15(2)25-26(3)21(20)24-14)22(30)28-10-8-27(9-11-28)19(29)13-31-17-6-4-16(23)5-7-17/h4-7,12H,8-11,13H2,1-3H3. The Morgan fingerprint density at radius 2 is 1.71 bits per heavy atom. The number of benzene rings is 1. The molecule has 0 aliphatic carbocycles. The molecule has 0 N–H and O–H groups in total. The van der Waals surface area contributed by atoms with E-state index >= 15 is 0 Å². The number of halogens is 1. The van der Waals surface area contributed by atoms with Crippen molar-refractivity contribution in [1.29, 1.82) is 0 Å². The summed E-state index contributed by atoms with van der Waals surface area (Å²) in [5.41, 5.74) is 2.86. The second-order valence-electron chi connectivity index (χ2n) is 7.63. The number of hydrogen-bond acceptors (Lipinski definition) is 5. The molecule has 1 aliphatic rings. The summed E-state index contributed by atoms with van der Waals surface area (Å²) in [5.74, 6) is 0.430. The highest BCUT2D eigenvalue weighted by Gasteiger charge is 2.27. The molecule has 0 spiro atoms. The molecule has 1 aliphatic heterocycles. The SMILES string of the molecule is Cc1cc(C(=O)N2CCN(C(=O)COc3ccc(Cl)cc3)CC2)c2c(C)nn(C)c2n1. The van der Waals surface area contributed by atoms with Crippen molar-refractivity contribution in [3.05, 3.63) is 52.3 Å². The summed E-state index contributed by atoms with van der Waals surface area (Å²) in [6.45, 7) is 5.57. The third-order valence-corrected chi connectivity index (χ3v) is 5.67. The van der Waals surface area contributed by atoms with Crippen LogP contribution in [0, 0.1) is 13.8 Å². The summed E-state index contributed by atoms with van der Waals surface area (Å²) in [7, 11) is 1.83. The van der Waals surface area contributed by atoms with Gasteiger partial charge in [0.15, 0.2) is 12.3 Å². The first-order valence-corrected chi connectivity index (χ1v) is 10.5. The highest BCUT2D eigenvalue weighted by atomic mass is 35.5. The number of piperazine rings is 1. The molecular formula is C22H24ClN5O3. The molecular weight excluding hydrogens is 418 g/mol. The van der Waals surface area contributed by atoms with E-state index < -0.39 is 0 Å². The predicted molar refractivity (Wildman–Crippen MR) is 117 cm³/mol. The van der Waals surface area contributed by atoms with Crippen molar-refractivity contribution >= 4 is 34.4 Å². The van der Waals surface area contributed by atoms with E-state index in [0.717, 1.165) is 16.8 Å². The first-order chi connectivity index (χ1) is 14.8. The second kappa shape index (κ2) is 8.55. The third kappa shape index (κ3) is 4.34. The molecule has 0 saturated carbocycles. The van der Waals surface area contributed by atoms with E-state index in [9.17, 15) is 9.59 Å². The summed E-state index contributed by atoms with van der Waals surface area (Å²) in [6, 6.07) is 8.70. The van der Waals surface area contributed by atoms with E-state index in [1.165, 1.54) is 0 Å². The van der Waals surface area contributed by atoms with E-state index in [-0.39, 0.29) is 18.4 Å². The Kier molecular flexibility index (Phi) is 5.82. The van der Waals surface area contributed by atoms with Gasteiger partial charge in [0, 0.05) is 43.9 Å². The van der Waals surface area contributed by atoms with Crippen LogP contribution >= 0.6 is 11.6 Å². The smallest absolute Gasteiger partial charge is 0.260 e. The van der Waals surface area contributed by atoms with Crippen molar-refractivity contribution in [2.24, 2.45) is 7.05 Å². The Bertz CT molecular complexity index is 1130. The normalized spacial score (nSPS) is 14.2. The average Bonchev–Trinajstić information content (AvgIpc) is 3.05. The molecule has 8 nitrogen and oxygen atoms in total. The fourth-order valence-electron chi connectivity index (χ4n) is 3.84. The highest BCUT2D eigenvalue weighted by molar-refractivity contribution is 6.30. The fourth-order valence-corrected chi connectivity index (χ4v) is 3.96. The Hall–Kier alpha value is -3.13. The van der Waals surface area contributed by atoms with Crippen LogP contribution in [0.1, 0.15) is 21.7 Å². The second-order valence-corrected chi connectivity index (χ2v) is 8.07. The minimum absolute atomic E-state index is 0.0470. The number of rotatable bonds is 4. The van der Waals surface area contributed by atoms with Crippen LogP contribution in [-0.4, -0.2) is 69.2 Å². The van der Waals surface area contributed by atoms with Crippen molar-refractivity contribution in [2.75, 3.05) is 32.8 Å². The molecule has 9 heteroatoms. The summed E-state index contributed by atoms with van der Waals surface area (Å²) < 4.78 is 7.25. The maximum Gasteiger partial charge on any atom is 0.260 e. The maximum atomic E-state index is 13.3. The van der Waals surface area contributed by atoms with Crippen molar-refractivity contribution < 1.29 is 14.3 Å². The van der Waals surface area contributed by atoms with E-state index in [2.05, 4.69) is 10.1 Å². The molecule has 1 fully saturated rings. The van der Waals surface area contributed by atoms with Gasteiger partial charge in [-0.05, 0) is 44.2 Å². The van der Waals surface area contributed by atoms with E-state index in [0.29, 0.717) is 48.2 Å². The number of carbonyl (C=O) groups is 2. The average molecular weight is 442 g/mol. The lowest BCUT2D eigenvalue weighted by atomic mass is 10.1. The summed E-state index contributed by atoms with van der Waals surface area (Å²) >= 11 is 5.86. The first kappa shape index (κ1) is 21.1. The Morgan fingerprint density at radius 3 is 2.39 bits per heavy atom. The van der Waals surface area contributed by atoms with E-state index in [4.69, 9.17) is 16.3 Å². The number of aryl methyl sites for hydroxylation is 3. The van der Waals surface area contributed by atoms with Crippen LogP contribution in [0.3, 0.4) is 0 Å². The van der Waals surface area contributed by atoms with Gasteiger partial charge in [-0.3, -0.25) is 14.3 Å². The molecule has 1 saturated heterocycles. The van der Waals surface area contributed by atoms with Crippen molar-refractivity contribution in [2.45, 2.75) is 13.8 Å². The lowest BCUT2D eigenvalue weighted by Gasteiger charge is -2.34. The van der Waals surface area contributed by atoms with Crippen LogP contribution < -0.4 is 4.74 Å². The summed E-state index contributed by atoms with van der Waals surface area (Å²) in [4.78, 5) is 33.8. The zero-order valence-corrected chi connectivity index (χ0v) is 18.5. The summed E-state index contributed by atoms with van der Waals surface area (Å²) in [5, 5.41) is 5.81. The number of ether oxygens (including phenoxy) is 1. The van der Waals surface area contributed by atoms with Crippen molar-refractivity contribution in [1.82, 2.24) is 24.6 Å². The van der Waals surface area contributed by atoms with E-state index in [1.54, 1.807) is 38.7 Å². The molecule has 1 aromatic carbocycles. The zero-order valence-electron chi connectivity index (χ0n) is 17.8. The van der Waals surface area contributed by atoms with Gasteiger partial charge in [0.25, 0.3) is 11.8 Å².